The Morgan fingerprint density at radius 1 is 0.970 bits per heavy atom. The molecule has 4 rings (SSSR count). The maximum atomic E-state index is 10.5. The highest BCUT2D eigenvalue weighted by molar-refractivity contribution is 5.65. The van der Waals surface area contributed by atoms with Crippen LogP contribution >= 0.6 is 0 Å². The van der Waals surface area contributed by atoms with Crippen LogP contribution in [0.2, 0.25) is 0 Å². The first-order valence-corrected chi connectivity index (χ1v) is 11.9. The third-order valence-corrected chi connectivity index (χ3v) is 6.25. The van der Waals surface area contributed by atoms with Gasteiger partial charge in [-0.25, -0.2) is 0 Å². The van der Waals surface area contributed by atoms with Crippen molar-refractivity contribution in [2.45, 2.75) is 38.4 Å². The summed E-state index contributed by atoms with van der Waals surface area (Å²) in [5.74, 6) is 0.773. The molecule has 1 saturated heterocycles. The molecule has 2 atom stereocenters. The van der Waals surface area contributed by atoms with Crippen LogP contribution in [0.4, 0.5) is 0 Å². The van der Waals surface area contributed by atoms with Crippen LogP contribution < -0.4 is 4.74 Å². The second-order valence-electron chi connectivity index (χ2n) is 8.72. The zero-order valence-electron chi connectivity index (χ0n) is 19.4. The lowest BCUT2D eigenvalue weighted by atomic mass is 10.0. The topological polar surface area (TPSA) is 54.8 Å². The molecular weight excluding hydrogens is 412 g/mol. The van der Waals surface area contributed by atoms with Crippen molar-refractivity contribution in [1.82, 2.24) is 9.88 Å². The molecule has 1 fully saturated rings. The van der Waals surface area contributed by atoms with Gasteiger partial charge in [-0.05, 0) is 66.6 Å². The summed E-state index contributed by atoms with van der Waals surface area (Å²) in [6.07, 6.45) is 5.25. The standard InChI is InChI=1S/C28H34N2O3/c1-22(28(31)12-7-24-5-3-14-29-21-24)33-27-10-8-25(9-11-27)26-6-2-4-23(20-26)13-15-30-16-18-32-19-17-30/h2-6,8-11,14,20-22,28,31H,7,12-13,15-19H2,1H3/t22-,28+/m0/s1. The Hall–Kier alpha value is -2.73. The van der Waals surface area contributed by atoms with Gasteiger partial charge in [0.05, 0.1) is 19.3 Å². The van der Waals surface area contributed by atoms with E-state index in [4.69, 9.17) is 9.47 Å². The third-order valence-electron chi connectivity index (χ3n) is 6.25. The summed E-state index contributed by atoms with van der Waals surface area (Å²) in [7, 11) is 0. The molecule has 174 valence electrons. The Kier molecular flexibility index (Phi) is 8.47. The van der Waals surface area contributed by atoms with Crippen LogP contribution in [0.5, 0.6) is 5.75 Å². The molecule has 5 nitrogen and oxygen atoms in total. The predicted molar refractivity (Wildman–Crippen MR) is 131 cm³/mol. The minimum atomic E-state index is -0.534. The van der Waals surface area contributed by atoms with Crippen molar-refractivity contribution in [3.63, 3.8) is 0 Å². The second-order valence-corrected chi connectivity index (χ2v) is 8.72. The molecule has 3 aromatic rings. The monoisotopic (exact) mass is 446 g/mol. The van der Waals surface area contributed by atoms with Gasteiger partial charge in [0.2, 0.25) is 0 Å². The summed E-state index contributed by atoms with van der Waals surface area (Å²) >= 11 is 0. The van der Waals surface area contributed by atoms with E-state index in [1.54, 1.807) is 6.20 Å². The van der Waals surface area contributed by atoms with Gasteiger partial charge < -0.3 is 14.6 Å². The van der Waals surface area contributed by atoms with Crippen LogP contribution in [0.1, 0.15) is 24.5 Å². The number of benzene rings is 2. The molecular formula is C28H34N2O3. The van der Waals surface area contributed by atoms with Crippen LogP contribution in [0.15, 0.2) is 73.1 Å². The van der Waals surface area contributed by atoms with Crippen LogP contribution in [0.25, 0.3) is 11.1 Å². The highest BCUT2D eigenvalue weighted by Gasteiger charge is 2.16. The highest BCUT2D eigenvalue weighted by Crippen LogP contribution is 2.25. The first-order chi connectivity index (χ1) is 16.2. The predicted octanol–water partition coefficient (Wildman–Crippen LogP) is 4.38. The lowest BCUT2D eigenvalue weighted by Crippen LogP contribution is -2.37. The number of aromatic nitrogens is 1. The van der Waals surface area contributed by atoms with Gasteiger partial charge in [0.25, 0.3) is 0 Å². The van der Waals surface area contributed by atoms with Gasteiger partial charge in [0.1, 0.15) is 11.9 Å². The maximum absolute atomic E-state index is 10.5. The summed E-state index contributed by atoms with van der Waals surface area (Å²) in [4.78, 5) is 6.59. The molecule has 0 aliphatic carbocycles. The molecule has 1 aliphatic rings. The Morgan fingerprint density at radius 2 is 1.76 bits per heavy atom. The van der Waals surface area contributed by atoms with Crippen molar-refractivity contribution in [2.24, 2.45) is 0 Å². The quantitative estimate of drug-likeness (QED) is 0.501. The fraction of sp³-hybridized carbons (Fsp3) is 0.393. The SMILES string of the molecule is C[C@H](Oc1ccc(-c2cccc(CCN3CCOCC3)c2)cc1)[C@H](O)CCc1cccnc1. The van der Waals surface area contributed by atoms with Crippen molar-refractivity contribution in [2.75, 3.05) is 32.8 Å². The zero-order chi connectivity index (χ0) is 22.9. The molecule has 0 amide bonds. The van der Waals surface area contributed by atoms with E-state index in [0.717, 1.165) is 57.0 Å². The molecule has 33 heavy (non-hydrogen) atoms. The molecule has 2 heterocycles. The number of rotatable bonds is 10. The normalized spacial score (nSPS) is 16.3. The highest BCUT2D eigenvalue weighted by atomic mass is 16.5. The Morgan fingerprint density at radius 3 is 2.52 bits per heavy atom. The summed E-state index contributed by atoms with van der Waals surface area (Å²) in [5, 5.41) is 10.5. The van der Waals surface area contributed by atoms with E-state index in [1.165, 1.54) is 16.7 Å². The number of pyridine rings is 1. The van der Waals surface area contributed by atoms with Gasteiger partial charge >= 0.3 is 0 Å². The number of hydrogen-bond acceptors (Lipinski definition) is 5. The molecule has 0 radical (unpaired) electrons. The molecule has 1 aliphatic heterocycles. The van der Waals surface area contributed by atoms with E-state index in [-0.39, 0.29) is 6.10 Å². The van der Waals surface area contributed by atoms with E-state index in [0.29, 0.717) is 6.42 Å². The molecule has 2 aromatic carbocycles. The van der Waals surface area contributed by atoms with Gasteiger partial charge in [0, 0.05) is 32.0 Å². The molecule has 1 aromatic heterocycles. The average molecular weight is 447 g/mol. The maximum Gasteiger partial charge on any atom is 0.122 e. The number of ether oxygens (including phenoxy) is 2. The Labute approximate surface area is 197 Å². The first-order valence-electron chi connectivity index (χ1n) is 11.9. The lowest BCUT2D eigenvalue weighted by molar-refractivity contribution is 0.0384. The van der Waals surface area contributed by atoms with Crippen molar-refractivity contribution >= 4 is 0 Å². The van der Waals surface area contributed by atoms with E-state index < -0.39 is 6.10 Å². The summed E-state index contributed by atoms with van der Waals surface area (Å²) < 4.78 is 11.4. The molecule has 0 bridgehead atoms. The minimum absolute atomic E-state index is 0.281. The zero-order valence-corrected chi connectivity index (χ0v) is 19.4. The van der Waals surface area contributed by atoms with E-state index in [9.17, 15) is 5.11 Å². The van der Waals surface area contributed by atoms with Gasteiger partial charge in [-0.2, -0.15) is 0 Å². The second kappa shape index (κ2) is 11.9. The van der Waals surface area contributed by atoms with E-state index in [1.807, 2.05) is 37.4 Å². The number of aryl methyl sites for hydroxylation is 1. The smallest absolute Gasteiger partial charge is 0.122 e. The van der Waals surface area contributed by atoms with Crippen LogP contribution in [0, 0.1) is 0 Å². The number of hydrogen-bond donors (Lipinski definition) is 1. The lowest BCUT2D eigenvalue weighted by Gasteiger charge is -2.26. The Balaban J connectivity index is 1.29. The van der Waals surface area contributed by atoms with Crippen LogP contribution in [-0.4, -0.2) is 60.0 Å². The molecule has 0 saturated carbocycles. The van der Waals surface area contributed by atoms with Crippen LogP contribution in [0.3, 0.4) is 0 Å². The summed E-state index contributed by atoms with van der Waals surface area (Å²) in [6, 6.07) is 20.9. The van der Waals surface area contributed by atoms with E-state index >= 15 is 0 Å². The summed E-state index contributed by atoms with van der Waals surface area (Å²) in [5.41, 5.74) is 4.86. The van der Waals surface area contributed by atoms with Gasteiger partial charge in [-0.3, -0.25) is 9.88 Å². The number of aliphatic hydroxyl groups excluding tert-OH is 1. The summed E-state index contributed by atoms with van der Waals surface area (Å²) in [6.45, 7) is 6.72. The van der Waals surface area contributed by atoms with Gasteiger partial charge in [-0.15, -0.1) is 0 Å². The largest absolute Gasteiger partial charge is 0.488 e. The average Bonchev–Trinajstić information content (AvgIpc) is 2.88. The van der Waals surface area contributed by atoms with Gasteiger partial charge in [0.15, 0.2) is 0 Å². The molecule has 0 spiro atoms. The van der Waals surface area contributed by atoms with Crippen molar-refractivity contribution in [1.29, 1.82) is 0 Å². The Bertz CT molecular complexity index is 972. The third kappa shape index (κ3) is 7.13. The van der Waals surface area contributed by atoms with Crippen molar-refractivity contribution < 1.29 is 14.6 Å². The fourth-order valence-corrected chi connectivity index (χ4v) is 4.13. The van der Waals surface area contributed by atoms with Crippen molar-refractivity contribution in [3.8, 4) is 16.9 Å². The number of nitrogens with zero attached hydrogens (tertiary/aromatic N) is 2. The molecule has 0 unspecified atom stereocenters. The minimum Gasteiger partial charge on any atom is -0.488 e. The van der Waals surface area contributed by atoms with E-state index in [2.05, 4.69) is 46.3 Å². The molecule has 1 N–H and O–H groups in total. The number of aliphatic hydroxyl groups is 1. The molecule has 5 heteroatoms. The van der Waals surface area contributed by atoms with Gasteiger partial charge in [-0.1, -0.05) is 42.5 Å². The first kappa shape index (κ1) is 23.4. The van der Waals surface area contributed by atoms with Crippen molar-refractivity contribution in [3.05, 3.63) is 84.2 Å². The van der Waals surface area contributed by atoms with Crippen LogP contribution in [-0.2, 0) is 17.6 Å². The fourth-order valence-electron chi connectivity index (χ4n) is 4.13. The number of morpholine rings is 1.